The Morgan fingerprint density at radius 3 is 2.86 bits per heavy atom. The average Bonchev–Trinajstić information content (AvgIpc) is 2.19. The molecule has 14 heavy (non-hydrogen) atoms. The third kappa shape index (κ3) is 3.39. The second-order valence-electron chi connectivity index (χ2n) is 4.42. The van der Waals surface area contributed by atoms with Crippen LogP contribution in [0.3, 0.4) is 0 Å². The SMILES string of the molecule is CCCC1CCC(=O)C(CCCF)C1. The smallest absolute Gasteiger partial charge is 0.135 e. The molecule has 1 rings (SSSR count). The first-order chi connectivity index (χ1) is 6.77. The van der Waals surface area contributed by atoms with Gasteiger partial charge in [0.15, 0.2) is 0 Å². The lowest BCUT2D eigenvalue weighted by Crippen LogP contribution is -2.25. The van der Waals surface area contributed by atoms with Crippen molar-refractivity contribution < 1.29 is 9.18 Å². The van der Waals surface area contributed by atoms with Gasteiger partial charge in [-0.15, -0.1) is 0 Å². The second kappa shape index (κ2) is 6.15. The predicted octanol–water partition coefficient (Wildman–Crippen LogP) is 3.52. The zero-order valence-corrected chi connectivity index (χ0v) is 9.10. The van der Waals surface area contributed by atoms with Crippen LogP contribution in [0.4, 0.5) is 4.39 Å². The van der Waals surface area contributed by atoms with Gasteiger partial charge in [0.25, 0.3) is 0 Å². The zero-order chi connectivity index (χ0) is 10.4. The molecule has 0 N–H and O–H groups in total. The zero-order valence-electron chi connectivity index (χ0n) is 9.10. The standard InChI is InChI=1S/C12H21FO/c1-2-4-10-6-7-12(14)11(9-10)5-3-8-13/h10-11H,2-9H2,1H3. The van der Waals surface area contributed by atoms with Crippen molar-refractivity contribution in [2.75, 3.05) is 6.67 Å². The number of carbonyl (C=O) groups excluding carboxylic acids is 1. The topological polar surface area (TPSA) is 17.1 Å². The molecule has 0 aliphatic heterocycles. The third-order valence-corrected chi connectivity index (χ3v) is 3.26. The van der Waals surface area contributed by atoms with Gasteiger partial charge in [0.2, 0.25) is 0 Å². The van der Waals surface area contributed by atoms with E-state index in [-0.39, 0.29) is 12.6 Å². The summed E-state index contributed by atoms with van der Waals surface area (Å²) in [7, 11) is 0. The molecule has 1 fully saturated rings. The number of hydrogen-bond donors (Lipinski definition) is 0. The van der Waals surface area contributed by atoms with Crippen molar-refractivity contribution >= 4 is 5.78 Å². The van der Waals surface area contributed by atoms with Crippen molar-refractivity contribution in [1.82, 2.24) is 0 Å². The molecular weight excluding hydrogens is 179 g/mol. The molecule has 0 saturated heterocycles. The van der Waals surface area contributed by atoms with Crippen LogP contribution in [-0.2, 0) is 4.79 Å². The monoisotopic (exact) mass is 200 g/mol. The van der Waals surface area contributed by atoms with Crippen LogP contribution in [0.25, 0.3) is 0 Å². The Morgan fingerprint density at radius 2 is 2.21 bits per heavy atom. The van der Waals surface area contributed by atoms with Gasteiger partial charge in [-0.25, -0.2) is 0 Å². The fraction of sp³-hybridized carbons (Fsp3) is 0.917. The molecule has 0 bridgehead atoms. The first-order valence-corrected chi connectivity index (χ1v) is 5.86. The summed E-state index contributed by atoms with van der Waals surface area (Å²) in [5.41, 5.74) is 0. The molecule has 1 aliphatic rings. The Balaban J connectivity index is 2.34. The summed E-state index contributed by atoms with van der Waals surface area (Å²) in [6.07, 6.45) is 6.60. The highest BCUT2D eigenvalue weighted by atomic mass is 19.1. The van der Waals surface area contributed by atoms with Crippen LogP contribution in [0.5, 0.6) is 0 Å². The molecule has 0 amide bonds. The lowest BCUT2D eigenvalue weighted by Gasteiger charge is -2.27. The van der Waals surface area contributed by atoms with Gasteiger partial charge in [-0.1, -0.05) is 19.8 Å². The van der Waals surface area contributed by atoms with E-state index in [4.69, 9.17) is 0 Å². The Labute approximate surface area is 86.1 Å². The van der Waals surface area contributed by atoms with Crippen molar-refractivity contribution in [2.24, 2.45) is 11.8 Å². The summed E-state index contributed by atoms with van der Waals surface area (Å²) >= 11 is 0. The van der Waals surface area contributed by atoms with E-state index in [1.165, 1.54) is 12.8 Å². The van der Waals surface area contributed by atoms with E-state index in [0.29, 0.717) is 12.2 Å². The maximum absolute atomic E-state index is 12.0. The van der Waals surface area contributed by atoms with Crippen LogP contribution in [0.15, 0.2) is 0 Å². The van der Waals surface area contributed by atoms with E-state index in [1.807, 2.05) is 0 Å². The number of halogens is 1. The predicted molar refractivity (Wildman–Crippen MR) is 56.0 cm³/mol. The van der Waals surface area contributed by atoms with Gasteiger partial charge in [0.05, 0.1) is 6.67 Å². The Kier molecular flexibility index (Phi) is 5.13. The third-order valence-electron chi connectivity index (χ3n) is 3.26. The first-order valence-electron chi connectivity index (χ1n) is 5.86. The van der Waals surface area contributed by atoms with E-state index >= 15 is 0 Å². The quantitative estimate of drug-likeness (QED) is 0.663. The number of ketones is 1. The fourth-order valence-electron chi connectivity index (χ4n) is 2.48. The van der Waals surface area contributed by atoms with Crippen LogP contribution in [0.1, 0.15) is 51.9 Å². The van der Waals surface area contributed by atoms with Crippen molar-refractivity contribution in [2.45, 2.75) is 51.9 Å². The van der Waals surface area contributed by atoms with Crippen LogP contribution in [0, 0.1) is 11.8 Å². The Bertz CT molecular complexity index is 179. The maximum Gasteiger partial charge on any atom is 0.135 e. The summed E-state index contributed by atoms with van der Waals surface area (Å²) in [4.78, 5) is 11.5. The number of hydrogen-bond acceptors (Lipinski definition) is 1. The van der Waals surface area contributed by atoms with Crippen molar-refractivity contribution in [3.63, 3.8) is 0 Å². The van der Waals surface area contributed by atoms with Gasteiger partial charge in [0.1, 0.15) is 5.78 Å². The van der Waals surface area contributed by atoms with Gasteiger partial charge in [-0.2, -0.15) is 0 Å². The van der Waals surface area contributed by atoms with Gasteiger partial charge < -0.3 is 0 Å². The van der Waals surface area contributed by atoms with E-state index < -0.39 is 0 Å². The van der Waals surface area contributed by atoms with E-state index in [1.54, 1.807) is 0 Å². The normalized spacial score (nSPS) is 28.0. The molecule has 82 valence electrons. The summed E-state index contributed by atoms with van der Waals surface area (Å²) in [5.74, 6) is 1.28. The molecule has 1 aliphatic carbocycles. The highest BCUT2D eigenvalue weighted by molar-refractivity contribution is 5.81. The molecule has 2 atom stereocenters. The van der Waals surface area contributed by atoms with Gasteiger partial charge in [0, 0.05) is 12.3 Å². The minimum atomic E-state index is -0.276. The molecule has 0 spiro atoms. The highest BCUT2D eigenvalue weighted by Gasteiger charge is 2.27. The largest absolute Gasteiger partial charge is 0.299 e. The van der Waals surface area contributed by atoms with Crippen LogP contribution in [-0.4, -0.2) is 12.5 Å². The molecule has 0 aromatic rings. The van der Waals surface area contributed by atoms with E-state index in [2.05, 4.69) is 6.92 Å². The van der Waals surface area contributed by atoms with Crippen LogP contribution < -0.4 is 0 Å². The van der Waals surface area contributed by atoms with Crippen molar-refractivity contribution in [1.29, 1.82) is 0 Å². The highest BCUT2D eigenvalue weighted by Crippen LogP contribution is 2.32. The summed E-state index contributed by atoms with van der Waals surface area (Å²) in [6, 6.07) is 0. The molecule has 1 saturated carbocycles. The maximum atomic E-state index is 12.0. The lowest BCUT2D eigenvalue weighted by molar-refractivity contribution is -0.125. The molecule has 0 radical (unpaired) electrons. The molecule has 0 heterocycles. The van der Waals surface area contributed by atoms with Crippen molar-refractivity contribution in [3.8, 4) is 0 Å². The second-order valence-corrected chi connectivity index (χ2v) is 4.42. The number of alkyl halides is 1. The number of carbonyl (C=O) groups is 1. The lowest BCUT2D eigenvalue weighted by atomic mass is 9.77. The molecular formula is C12H21FO. The molecule has 0 aromatic heterocycles. The number of rotatable bonds is 5. The molecule has 2 heteroatoms. The average molecular weight is 200 g/mol. The van der Waals surface area contributed by atoms with Crippen LogP contribution in [0.2, 0.25) is 0 Å². The molecule has 1 nitrogen and oxygen atoms in total. The first kappa shape index (κ1) is 11.7. The van der Waals surface area contributed by atoms with Gasteiger partial charge in [-0.3, -0.25) is 9.18 Å². The minimum absolute atomic E-state index is 0.177. The summed E-state index contributed by atoms with van der Waals surface area (Å²) < 4.78 is 12.0. The summed E-state index contributed by atoms with van der Waals surface area (Å²) in [5, 5.41) is 0. The van der Waals surface area contributed by atoms with Crippen LogP contribution >= 0.6 is 0 Å². The summed E-state index contributed by atoms with van der Waals surface area (Å²) in [6.45, 7) is 1.91. The van der Waals surface area contributed by atoms with Gasteiger partial charge >= 0.3 is 0 Å². The molecule has 0 aromatic carbocycles. The minimum Gasteiger partial charge on any atom is -0.299 e. The molecule has 2 unspecified atom stereocenters. The van der Waals surface area contributed by atoms with Gasteiger partial charge in [-0.05, 0) is 31.6 Å². The number of Topliss-reactive ketones (excluding diaryl/α,β-unsaturated/α-hetero) is 1. The Morgan fingerprint density at radius 1 is 1.43 bits per heavy atom. The fourth-order valence-corrected chi connectivity index (χ4v) is 2.48. The van der Waals surface area contributed by atoms with E-state index in [9.17, 15) is 9.18 Å². The van der Waals surface area contributed by atoms with E-state index in [0.717, 1.165) is 31.6 Å². The Hall–Kier alpha value is -0.400. The van der Waals surface area contributed by atoms with Crippen molar-refractivity contribution in [3.05, 3.63) is 0 Å².